The van der Waals surface area contributed by atoms with Gasteiger partial charge in [-0.3, -0.25) is 19.4 Å². The molecule has 0 radical (unpaired) electrons. The maximum absolute atomic E-state index is 14.0. The highest BCUT2D eigenvalue weighted by atomic mass is 19.4. The van der Waals surface area contributed by atoms with E-state index in [0.29, 0.717) is 44.3 Å². The first-order chi connectivity index (χ1) is 20.3. The van der Waals surface area contributed by atoms with Crippen molar-refractivity contribution in [2.45, 2.75) is 102 Å². The Labute approximate surface area is 250 Å². The molecule has 3 heterocycles. The van der Waals surface area contributed by atoms with Crippen molar-refractivity contribution in [3.8, 4) is 0 Å². The number of halogens is 3. The predicted octanol–water partition coefficient (Wildman–Crippen LogP) is 4.58. The van der Waals surface area contributed by atoms with E-state index in [2.05, 4.69) is 27.4 Å². The maximum Gasteiger partial charge on any atom is 0.391 e. The van der Waals surface area contributed by atoms with Crippen LogP contribution in [-0.4, -0.2) is 63.7 Å². The molecule has 6 unspecified atom stereocenters. The molecule has 8 nitrogen and oxygen atoms in total. The Morgan fingerprint density at radius 1 is 0.977 bits per heavy atom. The zero-order valence-corrected chi connectivity index (χ0v) is 25.5. The molecule has 0 spiro atoms. The first kappa shape index (κ1) is 31.5. The van der Waals surface area contributed by atoms with E-state index in [9.17, 15) is 27.6 Å². The quantitative estimate of drug-likeness (QED) is 0.522. The molecular weight excluding hydrogens is 559 g/mol. The summed E-state index contributed by atoms with van der Waals surface area (Å²) in [6.07, 6.45) is 1.11. The highest BCUT2D eigenvalue weighted by Gasteiger charge is 2.48. The molecule has 3 fully saturated rings. The van der Waals surface area contributed by atoms with E-state index in [1.807, 2.05) is 19.1 Å². The van der Waals surface area contributed by atoms with Crippen molar-refractivity contribution in [2.75, 3.05) is 13.1 Å². The van der Waals surface area contributed by atoms with E-state index in [1.165, 1.54) is 6.92 Å². The second-order valence-corrected chi connectivity index (χ2v) is 13.3. The van der Waals surface area contributed by atoms with Gasteiger partial charge >= 0.3 is 6.18 Å². The van der Waals surface area contributed by atoms with Crippen LogP contribution in [0.15, 0.2) is 23.1 Å². The molecule has 0 aromatic carbocycles. The zero-order valence-electron chi connectivity index (χ0n) is 25.5. The number of likely N-dealkylation sites (tertiary alicyclic amines) is 1. The standard InChI is InChI=1S/C32H44F3N5O3/c1-18-5-6-25(16-27(18)28-14-22-17-36-19(2)11-29(22)39(4)31(28)43)38-30(42)21-12-23(32(33,34)35)15-26(13-21)40-9-7-24(8-10-40)37-20(3)41/h11,14,17-18,21,23-27H,5-10,12-13,15-16H2,1-4H3,(H,37,41)(H,38,42). The molecule has 1 saturated heterocycles. The molecule has 5 rings (SSSR count). The number of carbonyl (C=O) groups excluding carboxylic acids is 2. The Morgan fingerprint density at radius 3 is 2.37 bits per heavy atom. The molecule has 6 atom stereocenters. The molecule has 2 saturated carbocycles. The summed E-state index contributed by atoms with van der Waals surface area (Å²) in [6.45, 7) is 6.68. The fraction of sp³-hybridized carbons (Fsp3) is 0.688. The number of amides is 2. The molecule has 1 aliphatic heterocycles. The predicted molar refractivity (Wildman–Crippen MR) is 158 cm³/mol. The van der Waals surface area contributed by atoms with E-state index < -0.39 is 18.0 Å². The molecule has 0 bridgehead atoms. The van der Waals surface area contributed by atoms with Crippen molar-refractivity contribution in [1.82, 2.24) is 25.1 Å². The second kappa shape index (κ2) is 12.6. The van der Waals surface area contributed by atoms with Crippen LogP contribution in [-0.2, 0) is 16.6 Å². The molecule has 2 aromatic rings. The lowest BCUT2D eigenvalue weighted by Gasteiger charge is -2.44. The summed E-state index contributed by atoms with van der Waals surface area (Å²) < 4.78 is 43.8. The zero-order chi connectivity index (χ0) is 31.1. The Bertz CT molecular complexity index is 1400. The average Bonchev–Trinajstić information content (AvgIpc) is 2.95. The number of aryl methyl sites for hydroxylation is 2. The van der Waals surface area contributed by atoms with Crippen molar-refractivity contribution < 1.29 is 22.8 Å². The highest BCUT2D eigenvalue weighted by Crippen LogP contribution is 2.43. The Hall–Kier alpha value is -2.95. The Balaban J connectivity index is 1.28. The van der Waals surface area contributed by atoms with Crippen LogP contribution in [0.4, 0.5) is 13.2 Å². The van der Waals surface area contributed by atoms with Gasteiger partial charge in [-0.2, -0.15) is 13.2 Å². The maximum atomic E-state index is 14.0. The number of alkyl halides is 3. The van der Waals surface area contributed by atoms with Gasteiger partial charge < -0.3 is 20.1 Å². The van der Waals surface area contributed by atoms with Crippen LogP contribution < -0.4 is 16.2 Å². The smallest absolute Gasteiger partial charge is 0.354 e. The van der Waals surface area contributed by atoms with Gasteiger partial charge in [0, 0.05) is 73.9 Å². The normalized spacial score (nSPS) is 29.4. The summed E-state index contributed by atoms with van der Waals surface area (Å²) >= 11 is 0. The minimum Gasteiger partial charge on any atom is -0.354 e. The largest absolute Gasteiger partial charge is 0.391 e. The summed E-state index contributed by atoms with van der Waals surface area (Å²) in [4.78, 5) is 44.9. The average molecular weight is 604 g/mol. The van der Waals surface area contributed by atoms with Crippen LogP contribution in [0, 0.1) is 24.7 Å². The second-order valence-electron chi connectivity index (χ2n) is 13.3. The lowest BCUT2D eigenvalue weighted by atomic mass is 9.73. The summed E-state index contributed by atoms with van der Waals surface area (Å²) in [7, 11) is 1.76. The van der Waals surface area contributed by atoms with Crippen LogP contribution in [0.2, 0.25) is 0 Å². The summed E-state index contributed by atoms with van der Waals surface area (Å²) in [5.41, 5.74) is 2.29. The van der Waals surface area contributed by atoms with Crippen LogP contribution >= 0.6 is 0 Å². The van der Waals surface area contributed by atoms with Gasteiger partial charge in [-0.1, -0.05) is 6.92 Å². The van der Waals surface area contributed by atoms with E-state index in [1.54, 1.807) is 17.8 Å². The molecule has 11 heteroatoms. The van der Waals surface area contributed by atoms with Crippen molar-refractivity contribution in [1.29, 1.82) is 0 Å². The van der Waals surface area contributed by atoms with Crippen molar-refractivity contribution in [3.63, 3.8) is 0 Å². The topological polar surface area (TPSA) is 96.3 Å². The van der Waals surface area contributed by atoms with Gasteiger partial charge in [0.15, 0.2) is 0 Å². The van der Waals surface area contributed by atoms with Gasteiger partial charge in [-0.15, -0.1) is 0 Å². The molecule has 2 N–H and O–H groups in total. The number of pyridine rings is 2. The number of aromatic nitrogens is 2. The summed E-state index contributed by atoms with van der Waals surface area (Å²) in [5, 5.41) is 6.91. The van der Waals surface area contributed by atoms with Crippen molar-refractivity contribution >= 4 is 22.7 Å². The third-order valence-corrected chi connectivity index (χ3v) is 10.2. The first-order valence-electron chi connectivity index (χ1n) is 15.6. The number of hydrogen-bond donors (Lipinski definition) is 2. The van der Waals surface area contributed by atoms with Gasteiger partial charge in [-0.05, 0) is 82.3 Å². The third-order valence-electron chi connectivity index (χ3n) is 10.2. The summed E-state index contributed by atoms with van der Waals surface area (Å²) in [5.74, 6) is -2.50. The molecule has 43 heavy (non-hydrogen) atoms. The van der Waals surface area contributed by atoms with Crippen molar-refractivity contribution in [3.05, 3.63) is 39.9 Å². The van der Waals surface area contributed by atoms with Crippen LogP contribution in [0.3, 0.4) is 0 Å². The highest BCUT2D eigenvalue weighted by molar-refractivity contribution is 5.80. The number of nitrogens with one attached hydrogen (secondary N) is 2. The van der Waals surface area contributed by atoms with Gasteiger partial charge in [0.05, 0.1) is 11.4 Å². The van der Waals surface area contributed by atoms with Crippen molar-refractivity contribution in [2.24, 2.45) is 24.8 Å². The lowest BCUT2D eigenvalue weighted by molar-refractivity contribution is -0.192. The minimum absolute atomic E-state index is 0.000735. The number of fused-ring (bicyclic) bond motifs is 1. The van der Waals surface area contributed by atoms with E-state index in [0.717, 1.165) is 29.4 Å². The SMILES string of the molecule is CC(=O)NC1CCN(C2CC(C(=O)NC3CCC(C)C(c4cc5cnc(C)cc5n(C)c4=O)C3)CC(C(F)(F)F)C2)CC1. The fourth-order valence-corrected chi connectivity index (χ4v) is 7.73. The Morgan fingerprint density at radius 2 is 1.70 bits per heavy atom. The van der Waals surface area contributed by atoms with E-state index in [-0.39, 0.29) is 60.2 Å². The minimum atomic E-state index is -4.36. The number of rotatable bonds is 5. The van der Waals surface area contributed by atoms with Crippen LogP contribution in [0.25, 0.3) is 10.9 Å². The lowest BCUT2D eigenvalue weighted by Crippen LogP contribution is -2.53. The van der Waals surface area contributed by atoms with Crippen LogP contribution in [0.5, 0.6) is 0 Å². The number of piperidine rings is 1. The third kappa shape index (κ3) is 7.07. The molecule has 236 valence electrons. The molecule has 2 aliphatic carbocycles. The van der Waals surface area contributed by atoms with Crippen LogP contribution in [0.1, 0.15) is 82.4 Å². The molecule has 3 aliphatic rings. The van der Waals surface area contributed by atoms with Gasteiger partial charge in [-0.25, -0.2) is 0 Å². The monoisotopic (exact) mass is 603 g/mol. The summed E-state index contributed by atoms with van der Waals surface area (Å²) in [6, 6.07) is 3.32. The molecular formula is C32H44F3N5O3. The van der Waals surface area contributed by atoms with Gasteiger partial charge in [0.25, 0.3) is 5.56 Å². The van der Waals surface area contributed by atoms with E-state index >= 15 is 0 Å². The van der Waals surface area contributed by atoms with E-state index in [4.69, 9.17) is 0 Å². The molecule has 2 aromatic heterocycles. The Kier molecular flexibility index (Phi) is 9.20. The number of nitrogens with zero attached hydrogens (tertiary/aromatic N) is 3. The molecule has 2 amide bonds. The van der Waals surface area contributed by atoms with Gasteiger partial charge in [0.1, 0.15) is 0 Å². The van der Waals surface area contributed by atoms with Gasteiger partial charge in [0.2, 0.25) is 11.8 Å². The number of carbonyl (C=O) groups is 2. The first-order valence-corrected chi connectivity index (χ1v) is 15.6. The fourth-order valence-electron chi connectivity index (χ4n) is 7.73. The number of hydrogen-bond acceptors (Lipinski definition) is 5.